The first-order chi connectivity index (χ1) is 3.68. The van der Waals surface area contributed by atoms with E-state index in [0.29, 0.717) is 0 Å². The fourth-order valence-electron chi connectivity index (χ4n) is 0.312. The van der Waals surface area contributed by atoms with Gasteiger partial charge in [0.05, 0.1) is 5.92 Å². The van der Waals surface area contributed by atoms with Gasteiger partial charge in [-0.05, 0) is 6.42 Å². The summed E-state index contributed by atoms with van der Waals surface area (Å²) in [6, 6.07) is 0. The highest BCUT2D eigenvalue weighted by Gasteiger charge is 2.10. The van der Waals surface area contributed by atoms with Crippen molar-refractivity contribution in [1.29, 1.82) is 0 Å². The zero-order valence-electron chi connectivity index (χ0n) is 4.76. The van der Waals surface area contributed by atoms with Gasteiger partial charge in [-0.2, -0.15) is 0 Å². The lowest BCUT2D eigenvalue weighted by molar-refractivity contribution is -0.147. The van der Waals surface area contributed by atoms with Gasteiger partial charge in [0.1, 0.15) is 0 Å². The highest BCUT2D eigenvalue weighted by Crippen LogP contribution is 1.98. The summed E-state index contributed by atoms with van der Waals surface area (Å²) < 4.78 is 0. The van der Waals surface area contributed by atoms with Gasteiger partial charge in [-0.15, -0.1) is 0 Å². The van der Waals surface area contributed by atoms with Crippen molar-refractivity contribution in [3.05, 3.63) is 0 Å². The Hall–Kier alpha value is -0.570. The average molecular weight is 117 g/mol. The molecule has 3 nitrogen and oxygen atoms in total. The Morgan fingerprint density at radius 3 is 2.38 bits per heavy atom. The standard InChI is InChI=1S/C5H9O3/c1-4(2-3-6)5(7)8/h4,6H,2-3H2,1H3. The molecule has 0 amide bonds. The van der Waals surface area contributed by atoms with Crippen molar-refractivity contribution in [3.63, 3.8) is 0 Å². The molecule has 1 radical (unpaired) electrons. The average Bonchev–Trinajstić information content (AvgIpc) is 1.67. The van der Waals surface area contributed by atoms with Gasteiger partial charge >= 0.3 is 5.97 Å². The lowest BCUT2D eigenvalue weighted by Gasteiger charge is -1.97. The number of aliphatic hydroxyl groups is 1. The minimum atomic E-state index is -1.10. The van der Waals surface area contributed by atoms with E-state index in [0.717, 1.165) is 0 Å². The molecule has 0 rings (SSSR count). The lowest BCUT2D eigenvalue weighted by Crippen LogP contribution is -2.09. The van der Waals surface area contributed by atoms with Gasteiger partial charge in [-0.1, -0.05) is 6.92 Å². The topological polar surface area (TPSA) is 57.2 Å². The van der Waals surface area contributed by atoms with E-state index in [4.69, 9.17) is 5.11 Å². The molecule has 47 valence electrons. The first kappa shape index (κ1) is 7.43. The number of carbonyl (C=O) groups is 1. The second-order valence-corrected chi connectivity index (χ2v) is 1.73. The first-order valence-corrected chi connectivity index (χ1v) is 2.50. The van der Waals surface area contributed by atoms with Crippen LogP contribution < -0.4 is 0 Å². The molecule has 0 bridgehead atoms. The van der Waals surface area contributed by atoms with Crippen LogP contribution in [0.3, 0.4) is 0 Å². The molecule has 1 unspecified atom stereocenters. The SMILES string of the molecule is CC(CCO)C([O])=O. The van der Waals surface area contributed by atoms with Crippen LogP contribution in [0.5, 0.6) is 0 Å². The molecule has 8 heavy (non-hydrogen) atoms. The van der Waals surface area contributed by atoms with E-state index < -0.39 is 11.9 Å². The van der Waals surface area contributed by atoms with Crippen molar-refractivity contribution in [2.24, 2.45) is 5.92 Å². The van der Waals surface area contributed by atoms with Gasteiger partial charge in [-0.3, -0.25) is 0 Å². The third-order valence-corrected chi connectivity index (χ3v) is 0.964. The van der Waals surface area contributed by atoms with Crippen LogP contribution in [0.25, 0.3) is 0 Å². The quantitative estimate of drug-likeness (QED) is 0.564. The summed E-state index contributed by atoms with van der Waals surface area (Å²) in [6.45, 7) is 1.42. The maximum Gasteiger partial charge on any atom is 0.358 e. The summed E-state index contributed by atoms with van der Waals surface area (Å²) in [6.07, 6.45) is 0.280. The molecule has 0 aromatic carbocycles. The Balaban J connectivity index is 3.32. The molecule has 0 saturated carbocycles. The highest BCUT2D eigenvalue weighted by atomic mass is 16.4. The minimum Gasteiger partial charge on any atom is -0.396 e. The molecule has 0 aliphatic carbocycles. The maximum atomic E-state index is 9.87. The Morgan fingerprint density at radius 1 is 1.75 bits per heavy atom. The summed E-state index contributed by atoms with van der Waals surface area (Å²) in [7, 11) is 0. The van der Waals surface area contributed by atoms with Crippen LogP contribution in [0.15, 0.2) is 0 Å². The zero-order chi connectivity index (χ0) is 6.57. The lowest BCUT2D eigenvalue weighted by atomic mass is 10.1. The number of rotatable bonds is 3. The third kappa shape index (κ3) is 2.58. The fourth-order valence-corrected chi connectivity index (χ4v) is 0.312. The molecule has 0 aliphatic rings. The normalized spacial score (nSPS) is 13.2. The van der Waals surface area contributed by atoms with E-state index >= 15 is 0 Å². The summed E-state index contributed by atoms with van der Waals surface area (Å²) in [5.74, 6) is -1.63. The van der Waals surface area contributed by atoms with Crippen LogP contribution >= 0.6 is 0 Å². The van der Waals surface area contributed by atoms with E-state index in [-0.39, 0.29) is 13.0 Å². The van der Waals surface area contributed by atoms with E-state index in [9.17, 15) is 9.90 Å². The van der Waals surface area contributed by atoms with Crippen LogP contribution in [0, 0.1) is 5.92 Å². The molecule has 3 heteroatoms. The van der Waals surface area contributed by atoms with Crippen LogP contribution in [0.4, 0.5) is 0 Å². The van der Waals surface area contributed by atoms with Gasteiger partial charge in [0.2, 0.25) is 0 Å². The van der Waals surface area contributed by atoms with Gasteiger partial charge < -0.3 is 5.11 Å². The van der Waals surface area contributed by atoms with Gasteiger partial charge in [0, 0.05) is 6.61 Å². The molecule has 0 aromatic heterocycles. The predicted molar refractivity (Wildman–Crippen MR) is 26.6 cm³/mol. The van der Waals surface area contributed by atoms with Crippen molar-refractivity contribution in [3.8, 4) is 0 Å². The summed E-state index contributed by atoms with van der Waals surface area (Å²) in [5, 5.41) is 18.1. The molecule has 0 saturated heterocycles. The van der Waals surface area contributed by atoms with Gasteiger partial charge in [0.15, 0.2) is 0 Å². The molecule has 1 atom stereocenters. The zero-order valence-corrected chi connectivity index (χ0v) is 4.76. The van der Waals surface area contributed by atoms with Crippen LogP contribution in [0.2, 0.25) is 0 Å². The molecule has 0 fully saturated rings. The largest absolute Gasteiger partial charge is 0.396 e. The highest BCUT2D eigenvalue weighted by molar-refractivity contribution is 5.68. The second kappa shape index (κ2) is 3.43. The van der Waals surface area contributed by atoms with Crippen LogP contribution in [0.1, 0.15) is 13.3 Å². The predicted octanol–water partition coefficient (Wildman–Crippen LogP) is -0.0380. The summed E-state index contributed by atoms with van der Waals surface area (Å²) in [4.78, 5) is 9.87. The Kier molecular flexibility index (Phi) is 3.19. The van der Waals surface area contributed by atoms with Crippen molar-refractivity contribution in [2.45, 2.75) is 13.3 Å². The van der Waals surface area contributed by atoms with E-state index in [2.05, 4.69) is 0 Å². The van der Waals surface area contributed by atoms with Crippen molar-refractivity contribution in [1.82, 2.24) is 0 Å². The maximum absolute atomic E-state index is 9.87. The Bertz CT molecular complexity index is 79.7. The Morgan fingerprint density at radius 2 is 2.25 bits per heavy atom. The second-order valence-electron chi connectivity index (χ2n) is 1.73. The summed E-state index contributed by atoms with van der Waals surface area (Å²) >= 11 is 0. The molecule has 0 aliphatic heterocycles. The van der Waals surface area contributed by atoms with Crippen molar-refractivity contribution < 1.29 is 15.0 Å². The fraction of sp³-hybridized carbons (Fsp3) is 0.800. The van der Waals surface area contributed by atoms with Crippen LogP contribution in [-0.4, -0.2) is 17.7 Å². The molecule has 0 spiro atoms. The van der Waals surface area contributed by atoms with E-state index in [1.54, 1.807) is 0 Å². The number of carbonyl (C=O) groups excluding carboxylic acids is 1. The van der Waals surface area contributed by atoms with Crippen molar-refractivity contribution in [2.75, 3.05) is 6.61 Å². The van der Waals surface area contributed by atoms with Crippen LogP contribution in [-0.2, 0) is 9.90 Å². The first-order valence-electron chi connectivity index (χ1n) is 2.50. The third-order valence-electron chi connectivity index (χ3n) is 0.964. The molecule has 0 aromatic rings. The molecular formula is C5H9O3. The molecule has 0 heterocycles. The smallest absolute Gasteiger partial charge is 0.358 e. The number of hydrogen-bond donors (Lipinski definition) is 1. The summed E-state index contributed by atoms with van der Waals surface area (Å²) in [5.41, 5.74) is 0. The van der Waals surface area contributed by atoms with Gasteiger partial charge in [0.25, 0.3) is 0 Å². The molecule has 1 N–H and O–H groups in total. The van der Waals surface area contributed by atoms with Gasteiger partial charge in [-0.25, -0.2) is 9.90 Å². The number of hydrogen-bond acceptors (Lipinski definition) is 2. The van der Waals surface area contributed by atoms with E-state index in [1.807, 2.05) is 0 Å². The monoisotopic (exact) mass is 117 g/mol. The van der Waals surface area contributed by atoms with E-state index in [1.165, 1.54) is 6.92 Å². The number of aliphatic hydroxyl groups excluding tert-OH is 1. The van der Waals surface area contributed by atoms with Crippen molar-refractivity contribution >= 4 is 5.97 Å². The minimum absolute atomic E-state index is 0.0881. The molecular weight excluding hydrogens is 108 g/mol. The Labute approximate surface area is 47.9 Å².